The molecule has 0 aliphatic carbocycles. The summed E-state index contributed by atoms with van der Waals surface area (Å²) in [7, 11) is 0. The maximum atomic E-state index is 6.08. The van der Waals surface area contributed by atoms with Crippen LogP contribution in [-0.4, -0.2) is 0 Å². The molecule has 0 aliphatic heterocycles. The lowest BCUT2D eigenvalue weighted by Gasteiger charge is -2.17. The van der Waals surface area contributed by atoms with Crippen molar-refractivity contribution in [2.24, 2.45) is 0 Å². The number of hydrogen-bond acceptors (Lipinski definition) is 1. The van der Waals surface area contributed by atoms with Crippen LogP contribution in [0.5, 0.6) is 0 Å². The van der Waals surface area contributed by atoms with Crippen molar-refractivity contribution in [1.29, 1.82) is 0 Å². The largest absolute Gasteiger partial charge is 0.399 e. The van der Waals surface area contributed by atoms with Crippen LogP contribution < -0.4 is 5.73 Å². The maximum absolute atomic E-state index is 6.08. The van der Waals surface area contributed by atoms with Gasteiger partial charge in [0.15, 0.2) is 0 Å². The Bertz CT molecular complexity index is 939. The highest BCUT2D eigenvalue weighted by atomic mass is 14.5. The molecule has 2 aromatic carbocycles. The van der Waals surface area contributed by atoms with Gasteiger partial charge in [0.05, 0.1) is 0 Å². The van der Waals surface area contributed by atoms with Crippen LogP contribution in [0.1, 0.15) is 121 Å². The minimum atomic E-state index is 0.494. The van der Waals surface area contributed by atoms with Crippen LogP contribution in [0.4, 0.5) is 5.69 Å². The van der Waals surface area contributed by atoms with E-state index in [4.69, 9.17) is 5.73 Å². The molecule has 1 atom stereocenters. The van der Waals surface area contributed by atoms with Gasteiger partial charge in [-0.05, 0) is 72.9 Å². The van der Waals surface area contributed by atoms with E-state index in [1.54, 1.807) is 6.08 Å². The molecule has 39 heavy (non-hydrogen) atoms. The summed E-state index contributed by atoms with van der Waals surface area (Å²) in [6.07, 6.45) is 23.8. The van der Waals surface area contributed by atoms with Gasteiger partial charge in [0, 0.05) is 5.69 Å². The number of allylic oxidation sites excluding steroid dienone is 6. The Morgan fingerprint density at radius 1 is 0.846 bits per heavy atom. The zero-order valence-corrected chi connectivity index (χ0v) is 26.3. The summed E-state index contributed by atoms with van der Waals surface area (Å²) in [6.45, 7) is 20.9. The van der Waals surface area contributed by atoms with Crippen molar-refractivity contribution in [3.63, 3.8) is 0 Å². The number of nitrogens with two attached hydrogens (primary N) is 1. The lowest BCUT2D eigenvalue weighted by Crippen LogP contribution is -2.03. The molecule has 0 aromatic heterocycles. The van der Waals surface area contributed by atoms with Gasteiger partial charge in [-0.15, -0.1) is 0 Å². The summed E-state index contributed by atoms with van der Waals surface area (Å²) in [4.78, 5) is 0. The topological polar surface area (TPSA) is 26.0 Å². The van der Waals surface area contributed by atoms with Crippen LogP contribution in [0.3, 0.4) is 0 Å². The Balaban J connectivity index is 0.00000111. The third kappa shape index (κ3) is 18.2. The van der Waals surface area contributed by atoms with Gasteiger partial charge in [-0.3, -0.25) is 0 Å². The zero-order valence-electron chi connectivity index (χ0n) is 26.3. The molecule has 0 amide bonds. The first-order valence-corrected chi connectivity index (χ1v) is 15.4. The highest BCUT2D eigenvalue weighted by molar-refractivity contribution is 5.46. The molecular weight excluding hydrogens is 470 g/mol. The van der Waals surface area contributed by atoms with Gasteiger partial charge in [0.2, 0.25) is 0 Å². The predicted octanol–water partition coefficient (Wildman–Crippen LogP) is 11.9. The first-order valence-electron chi connectivity index (χ1n) is 15.4. The van der Waals surface area contributed by atoms with Crippen LogP contribution in [0.15, 0.2) is 91.6 Å². The van der Waals surface area contributed by atoms with E-state index in [0.717, 1.165) is 36.9 Å². The molecule has 0 fully saturated rings. The lowest BCUT2D eigenvalue weighted by molar-refractivity contribution is 0.656. The Hall–Kier alpha value is -2.80. The van der Waals surface area contributed by atoms with Gasteiger partial charge in [0.25, 0.3) is 0 Å². The molecule has 0 aliphatic rings. The minimum absolute atomic E-state index is 0.494. The van der Waals surface area contributed by atoms with Crippen molar-refractivity contribution < 1.29 is 0 Å². The first-order chi connectivity index (χ1) is 18.9. The summed E-state index contributed by atoms with van der Waals surface area (Å²) < 4.78 is 0. The quantitative estimate of drug-likeness (QED) is 0.138. The van der Waals surface area contributed by atoms with Crippen molar-refractivity contribution >= 4 is 5.69 Å². The van der Waals surface area contributed by atoms with Crippen molar-refractivity contribution in [1.82, 2.24) is 0 Å². The summed E-state index contributed by atoms with van der Waals surface area (Å²) in [6, 6.07) is 15.2. The maximum Gasteiger partial charge on any atom is 0.0316 e. The molecule has 0 bridgehead atoms. The van der Waals surface area contributed by atoms with Crippen LogP contribution in [0, 0.1) is 6.92 Å². The zero-order chi connectivity index (χ0) is 29.3. The summed E-state index contributed by atoms with van der Waals surface area (Å²) in [5, 5.41) is 0. The standard InChI is InChI=1S/C27H33N.C7H16.C4H10/c1-5-9-23(6-2)11-8-7-10-22(4)27-19-18-26(28)20-25(27)17-16-24-14-12-21(3)13-15-24;1-3-5-7-6-4-2;1-3-4-2/h5-6,8-9,11-15,18-20,22H,1-2,7,10,16-17,28H2,3-4H3;3-7H2,1-2H3;3-4H2,1-2H3/b11-8-,23-9-;;. The second-order valence-corrected chi connectivity index (χ2v) is 10.5. The monoisotopic (exact) mass is 529 g/mol. The SMILES string of the molecule is C=C/C=C(C=C)\C=C/CCC(C)c1ccc(N)cc1CCc1ccc(C)cc1.CCCC.CCCCCCC. The van der Waals surface area contributed by atoms with E-state index in [0.29, 0.717) is 5.92 Å². The fourth-order valence-corrected chi connectivity index (χ4v) is 4.08. The fourth-order valence-electron chi connectivity index (χ4n) is 4.08. The van der Waals surface area contributed by atoms with E-state index in [1.165, 1.54) is 67.2 Å². The van der Waals surface area contributed by atoms with E-state index < -0.39 is 0 Å². The number of hydrogen-bond donors (Lipinski definition) is 1. The smallest absolute Gasteiger partial charge is 0.0316 e. The summed E-state index contributed by atoms with van der Waals surface area (Å²) in [5.74, 6) is 0.494. The molecule has 216 valence electrons. The van der Waals surface area contributed by atoms with Gasteiger partial charge in [-0.2, -0.15) is 0 Å². The molecule has 0 saturated heterocycles. The second-order valence-electron chi connectivity index (χ2n) is 10.5. The third-order valence-corrected chi connectivity index (χ3v) is 6.83. The molecule has 0 radical (unpaired) electrons. The van der Waals surface area contributed by atoms with E-state index >= 15 is 0 Å². The van der Waals surface area contributed by atoms with Crippen molar-refractivity contribution in [3.05, 3.63) is 114 Å². The number of benzene rings is 2. The lowest BCUT2D eigenvalue weighted by atomic mass is 9.89. The van der Waals surface area contributed by atoms with Crippen LogP contribution >= 0.6 is 0 Å². The average molecular weight is 530 g/mol. The molecule has 0 spiro atoms. The Morgan fingerprint density at radius 2 is 1.49 bits per heavy atom. The third-order valence-electron chi connectivity index (χ3n) is 6.83. The Kier molecular flexibility index (Phi) is 22.5. The van der Waals surface area contributed by atoms with E-state index in [1.807, 2.05) is 18.2 Å². The van der Waals surface area contributed by atoms with Crippen LogP contribution in [0.2, 0.25) is 0 Å². The van der Waals surface area contributed by atoms with Gasteiger partial charge < -0.3 is 5.73 Å². The number of rotatable bonds is 15. The first kappa shape index (κ1) is 36.2. The highest BCUT2D eigenvalue weighted by Gasteiger charge is 2.11. The normalized spacial score (nSPS) is 11.7. The molecule has 0 heterocycles. The molecular formula is C38H59N. The van der Waals surface area contributed by atoms with Crippen molar-refractivity contribution in [3.8, 4) is 0 Å². The van der Waals surface area contributed by atoms with Gasteiger partial charge in [-0.25, -0.2) is 0 Å². The molecule has 2 aromatic rings. The fraction of sp³-hybridized carbons (Fsp3) is 0.474. The molecule has 2 rings (SSSR count). The van der Waals surface area contributed by atoms with E-state index in [9.17, 15) is 0 Å². The van der Waals surface area contributed by atoms with Crippen molar-refractivity contribution in [2.75, 3.05) is 5.73 Å². The Morgan fingerprint density at radius 3 is 2.03 bits per heavy atom. The highest BCUT2D eigenvalue weighted by Crippen LogP contribution is 2.27. The summed E-state index contributed by atoms with van der Waals surface area (Å²) in [5.41, 5.74) is 13.5. The molecule has 1 heteroatoms. The number of anilines is 1. The summed E-state index contributed by atoms with van der Waals surface area (Å²) >= 11 is 0. The molecule has 1 unspecified atom stereocenters. The van der Waals surface area contributed by atoms with E-state index in [-0.39, 0.29) is 0 Å². The van der Waals surface area contributed by atoms with Gasteiger partial charge in [-0.1, -0.05) is 159 Å². The average Bonchev–Trinajstić information content (AvgIpc) is 2.95. The number of unbranched alkanes of at least 4 members (excludes halogenated alkanes) is 5. The number of nitrogen functional groups attached to an aromatic ring is 1. The predicted molar refractivity (Wildman–Crippen MR) is 180 cm³/mol. The minimum Gasteiger partial charge on any atom is -0.399 e. The second kappa shape index (κ2) is 24.3. The Labute approximate surface area is 243 Å². The van der Waals surface area contributed by atoms with Gasteiger partial charge >= 0.3 is 0 Å². The van der Waals surface area contributed by atoms with Crippen molar-refractivity contribution in [2.45, 2.75) is 118 Å². The number of aryl methyl sites for hydroxylation is 3. The molecule has 1 nitrogen and oxygen atoms in total. The van der Waals surface area contributed by atoms with Crippen LogP contribution in [0.25, 0.3) is 0 Å². The van der Waals surface area contributed by atoms with E-state index in [2.05, 4.69) is 103 Å². The van der Waals surface area contributed by atoms with Crippen LogP contribution in [-0.2, 0) is 12.8 Å². The molecule has 0 saturated carbocycles. The molecule has 2 N–H and O–H groups in total. The van der Waals surface area contributed by atoms with Gasteiger partial charge in [0.1, 0.15) is 0 Å².